The number of likely N-dealkylation sites (tertiary alicyclic amines) is 1. The number of nitrogens with zero attached hydrogens (tertiary/aromatic N) is 6. The number of benzene rings is 1. The Morgan fingerprint density at radius 2 is 1.88 bits per heavy atom. The number of aromatic nitrogens is 1. The third-order valence-electron chi connectivity index (χ3n) is 8.10. The molecule has 0 spiro atoms. The molecule has 0 radical (unpaired) electrons. The molecule has 2 aromatic rings. The van der Waals surface area contributed by atoms with E-state index in [1.54, 1.807) is 42.4 Å². The fourth-order valence-electron chi connectivity index (χ4n) is 5.76. The number of carbonyl (C=O) groups is 2. The minimum Gasteiger partial charge on any atom is -0.410 e. The van der Waals surface area contributed by atoms with Crippen molar-refractivity contribution < 1.29 is 14.3 Å². The fraction of sp³-hybridized carbons (Fsp3) is 0.387. The van der Waals surface area contributed by atoms with E-state index in [1.165, 1.54) is 6.07 Å². The van der Waals surface area contributed by atoms with E-state index in [-0.39, 0.29) is 29.2 Å². The molecule has 2 amide bonds. The minimum absolute atomic E-state index is 0.0674. The van der Waals surface area contributed by atoms with Gasteiger partial charge in [-0.3, -0.25) is 4.79 Å². The highest BCUT2D eigenvalue weighted by atomic mass is 35.5. The number of nitriles is 2. The maximum atomic E-state index is 13.7. The number of likely N-dealkylation sites (N-methyl/N-ethyl adjacent to an activating group) is 1. The lowest BCUT2D eigenvalue weighted by molar-refractivity contribution is -0.135. The van der Waals surface area contributed by atoms with Gasteiger partial charge in [0, 0.05) is 51.3 Å². The maximum absolute atomic E-state index is 13.7. The molecule has 1 aromatic heterocycles. The lowest BCUT2D eigenvalue weighted by Crippen LogP contribution is -2.45. The third kappa shape index (κ3) is 6.37. The van der Waals surface area contributed by atoms with Gasteiger partial charge in [0.1, 0.15) is 17.6 Å². The van der Waals surface area contributed by atoms with Gasteiger partial charge in [0.2, 0.25) is 5.91 Å². The van der Waals surface area contributed by atoms with Crippen molar-refractivity contribution in [1.82, 2.24) is 14.8 Å². The number of piperidine rings is 1. The first kappa shape index (κ1) is 28.2. The zero-order valence-corrected chi connectivity index (χ0v) is 23.6. The minimum atomic E-state index is -0.539. The number of pyridine rings is 1. The van der Waals surface area contributed by atoms with Crippen LogP contribution in [0.1, 0.15) is 30.4 Å². The predicted octanol–water partition coefficient (Wildman–Crippen LogP) is 4.49. The van der Waals surface area contributed by atoms with Crippen LogP contribution in [0.5, 0.6) is 5.75 Å². The molecule has 2 aliphatic heterocycles. The van der Waals surface area contributed by atoms with E-state index in [9.17, 15) is 14.9 Å². The maximum Gasteiger partial charge on any atom is 0.415 e. The molecular formula is C31H31ClN6O3. The highest BCUT2D eigenvalue weighted by Gasteiger charge is 2.43. The molecular weight excluding hydrogens is 540 g/mol. The number of rotatable bonds is 5. The average Bonchev–Trinajstić information content (AvgIpc) is 3.46. The van der Waals surface area contributed by atoms with Crippen LogP contribution < -0.4 is 9.64 Å². The molecule has 0 bridgehead atoms. The summed E-state index contributed by atoms with van der Waals surface area (Å²) in [6.45, 7) is 2.32. The normalized spacial score (nSPS) is 22.4. The Hall–Kier alpha value is -4.34. The van der Waals surface area contributed by atoms with E-state index in [1.807, 2.05) is 23.1 Å². The summed E-state index contributed by atoms with van der Waals surface area (Å²) < 4.78 is 5.61. The monoisotopic (exact) mass is 570 g/mol. The number of carbonyl (C=O) groups excluding carboxylic acids is 2. The van der Waals surface area contributed by atoms with Gasteiger partial charge in [-0.05, 0) is 55.2 Å². The lowest BCUT2D eigenvalue weighted by atomic mass is 9.89. The number of anilines is 1. The number of amides is 2. The molecule has 9 nitrogen and oxygen atoms in total. The van der Waals surface area contributed by atoms with E-state index in [0.717, 1.165) is 11.4 Å². The molecule has 210 valence electrons. The van der Waals surface area contributed by atoms with Gasteiger partial charge in [-0.15, -0.1) is 11.6 Å². The van der Waals surface area contributed by atoms with Gasteiger partial charge in [0.25, 0.3) is 0 Å². The number of hydrogen-bond acceptors (Lipinski definition) is 7. The Balaban J connectivity index is 1.27. The molecule has 1 aromatic carbocycles. The molecule has 0 saturated carbocycles. The number of ether oxygens (including phenoxy) is 1. The summed E-state index contributed by atoms with van der Waals surface area (Å²) in [5.41, 5.74) is 1.99. The Labute approximate surface area is 244 Å². The van der Waals surface area contributed by atoms with Crippen molar-refractivity contribution in [3.05, 3.63) is 77.5 Å². The second-order valence-corrected chi connectivity index (χ2v) is 11.2. The van der Waals surface area contributed by atoms with Crippen LogP contribution in [0, 0.1) is 34.5 Å². The zero-order valence-electron chi connectivity index (χ0n) is 22.8. The van der Waals surface area contributed by atoms with Crippen molar-refractivity contribution >= 4 is 29.4 Å². The molecule has 41 heavy (non-hydrogen) atoms. The Morgan fingerprint density at radius 1 is 1.10 bits per heavy atom. The van der Waals surface area contributed by atoms with Crippen LogP contribution in [-0.4, -0.2) is 71.4 Å². The smallest absolute Gasteiger partial charge is 0.410 e. The Morgan fingerprint density at radius 3 is 2.54 bits per heavy atom. The second-order valence-electron chi connectivity index (χ2n) is 10.6. The van der Waals surface area contributed by atoms with Gasteiger partial charge in [-0.25, -0.2) is 9.78 Å². The number of halogens is 1. The van der Waals surface area contributed by atoms with Gasteiger partial charge in [0.05, 0.1) is 28.6 Å². The zero-order chi connectivity index (χ0) is 28.9. The standard InChI is InChI=1S/C31H31ClN6O3/c1-36(31(40)41-26-4-2-3-21(15-26)16-33)28-20-38(19-27(28)23-6-8-25(32)9-7-23)30(39)24-11-13-37(14-12-24)29-10-5-22(17-34)18-35-29/h2-8,10,15,18,24-25,27-28H,9,11-14,19-20H2,1H3/t25?,27-,28+/m0/s1. The van der Waals surface area contributed by atoms with Crippen molar-refractivity contribution in [1.29, 1.82) is 10.5 Å². The van der Waals surface area contributed by atoms with Crippen molar-refractivity contribution in [3.63, 3.8) is 0 Å². The molecule has 10 heteroatoms. The van der Waals surface area contributed by atoms with Crippen molar-refractivity contribution in [2.75, 3.05) is 38.1 Å². The molecule has 2 saturated heterocycles. The summed E-state index contributed by atoms with van der Waals surface area (Å²) in [5, 5.41) is 18.1. The highest BCUT2D eigenvalue weighted by molar-refractivity contribution is 6.22. The van der Waals surface area contributed by atoms with Crippen LogP contribution in [-0.2, 0) is 4.79 Å². The second kappa shape index (κ2) is 12.4. The van der Waals surface area contributed by atoms with E-state index < -0.39 is 6.09 Å². The van der Waals surface area contributed by atoms with Crippen LogP contribution in [0.2, 0.25) is 0 Å². The molecule has 1 aliphatic carbocycles. The van der Waals surface area contributed by atoms with E-state index in [0.29, 0.717) is 62.3 Å². The largest absolute Gasteiger partial charge is 0.415 e. The van der Waals surface area contributed by atoms with E-state index in [2.05, 4.69) is 28.1 Å². The van der Waals surface area contributed by atoms with Crippen LogP contribution in [0.3, 0.4) is 0 Å². The predicted molar refractivity (Wildman–Crippen MR) is 154 cm³/mol. The molecule has 0 N–H and O–H groups in total. The highest BCUT2D eigenvalue weighted by Crippen LogP contribution is 2.34. The molecule has 3 atom stereocenters. The summed E-state index contributed by atoms with van der Waals surface area (Å²) in [4.78, 5) is 36.9. The summed E-state index contributed by atoms with van der Waals surface area (Å²) in [6, 6.07) is 13.9. The van der Waals surface area contributed by atoms with Crippen molar-refractivity contribution in [2.45, 2.75) is 30.7 Å². The van der Waals surface area contributed by atoms with Gasteiger partial charge in [-0.1, -0.05) is 24.3 Å². The summed E-state index contributed by atoms with van der Waals surface area (Å²) in [7, 11) is 1.70. The van der Waals surface area contributed by atoms with Gasteiger partial charge in [-0.2, -0.15) is 10.5 Å². The first-order valence-electron chi connectivity index (χ1n) is 13.7. The Kier molecular flexibility index (Phi) is 8.56. The van der Waals surface area contributed by atoms with E-state index in [4.69, 9.17) is 21.6 Å². The SMILES string of the molecule is CN(C(=O)Oc1cccc(C#N)c1)[C@@H]1CN(C(=O)C2CCN(c3ccc(C#N)cn3)CC2)C[C@H]1C1=CCC(Cl)C=C1. The van der Waals surface area contributed by atoms with Crippen LogP contribution in [0.4, 0.5) is 10.6 Å². The number of alkyl halides is 1. The lowest BCUT2D eigenvalue weighted by Gasteiger charge is -2.34. The van der Waals surface area contributed by atoms with Gasteiger partial charge >= 0.3 is 6.09 Å². The number of allylic oxidation sites excluding steroid dienone is 3. The summed E-state index contributed by atoms with van der Waals surface area (Å²) in [6.07, 6.45) is 9.20. The van der Waals surface area contributed by atoms with Crippen LogP contribution >= 0.6 is 11.6 Å². The van der Waals surface area contributed by atoms with Crippen LogP contribution in [0.15, 0.2) is 66.4 Å². The summed E-state index contributed by atoms with van der Waals surface area (Å²) in [5.74, 6) is 1.02. The molecule has 3 aliphatic rings. The van der Waals surface area contributed by atoms with E-state index >= 15 is 0 Å². The molecule has 3 heterocycles. The van der Waals surface area contributed by atoms with Crippen LogP contribution in [0.25, 0.3) is 0 Å². The molecule has 2 fully saturated rings. The van der Waals surface area contributed by atoms with Gasteiger partial charge < -0.3 is 19.4 Å². The third-order valence-corrected chi connectivity index (χ3v) is 8.43. The fourth-order valence-corrected chi connectivity index (χ4v) is 5.92. The van der Waals surface area contributed by atoms with Gasteiger partial charge in [0.15, 0.2) is 0 Å². The average molecular weight is 571 g/mol. The number of hydrogen-bond donors (Lipinski definition) is 0. The van der Waals surface area contributed by atoms with Crippen molar-refractivity contribution in [3.8, 4) is 17.9 Å². The summed E-state index contributed by atoms with van der Waals surface area (Å²) >= 11 is 6.28. The first-order valence-corrected chi connectivity index (χ1v) is 14.2. The first-order chi connectivity index (χ1) is 19.9. The topological polar surface area (TPSA) is 114 Å². The quantitative estimate of drug-likeness (QED) is 0.486. The Bertz CT molecular complexity index is 1430. The molecule has 5 rings (SSSR count). The molecule has 1 unspecified atom stereocenters. The van der Waals surface area contributed by atoms with Crippen molar-refractivity contribution in [2.24, 2.45) is 11.8 Å².